The van der Waals surface area contributed by atoms with Gasteiger partial charge in [-0.25, -0.2) is 0 Å². The van der Waals surface area contributed by atoms with E-state index in [1.165, 1.54) is 0 Å². The maximum absolute atomic E-state index is 14.7. The van der Waals surface area contributed by atoms with Gasteiger partial charge in [0.25, 0.3) is 0 Å². The van der Waals surface area contributed by atoms with E-state index in [4.69, 9.17) is 8.83 Å². The first-order valence-corrected chi connectivity index (χ1v) is 12.2. The van der Waals surface area contributed by atoms with Gasteiger partial charge in [0, 0.05) is 10.8 Å². The Hall–Kier alpha value is -5.39. The summed E-state index contributed by atoms with van der Waals surface area (Å²) in [6.07, 6.45) is 0. The molecule has 2 heterocycles. The number of furan rings is 2. The zero-order chi connectivity index (χ0) is 26.1. The lowest BCUT2D eigenvalue weighted by molar-refractivity contribution is -0.120. The molecule has 6 rings (SSSR count). The molecule has 0 fully saturated rings. The minimum atomic E-state index is -0.760. The molecule has 0 aliphatic carbocycles. The van der Waals surface area contributed by atoms with Crippen molar-refractivity contribution in [3.8, 4) is 12.1 Å². The van der Waals surface area contributed by atoms with Gasteiger partial charge in [0.15, 0.2) is 5.78 Å². The van der Waals surface area contributed by atoms with Crippen LogP contribution in [0.2, 0.25) is 0 Å². The molecule has 4 aromatic carbocycles. The summed E-state index contributed by atoms with van der Waals surface area (Å²) in [6.45, 7) is 0. The quantitative estimate of drug-likeness (QED) is 0.241. The highest BCUT2D eigenvalue weighted by Crippen LogP contribution is 2.39. The molecule has 2 unspecified atom stereocenters. The van der Waals surface area contributed by atoms with Gasteiger partial charge in [-0.3, -0.25) is 4.79 Å². The van der Waals surface area contributed by atoms with Crippen molar-refractivity contribution in [2.24, 2.45) is 0 Å². The summed E-state index contributed by atoms with van der Waals surface area (Å²) >= 11 is 0. The van der Waals surface area contributed by atoms with Gasteiger partial charge in [0.2, 0.25) is 0 Å². The minimum absolute atomic E-state index is 0.141. The molecule has 0 radical (unpaired) electrons. The molecular weight excluding hydrogens is 472 g/mol. The molecule has 38 heavy (non-hydrogen) atoms. The molecule has 0 aliphatic heterocycles. The number of nitriles is 2. The summed E-state index contributed by atoms with van der Waals surface area (Å²) in [5.41, 5.74) is 3.81. The number of fused-ring (bicyclic) bond motifs is 2. The standard InChI is InChI=1S/C33H20N2O3/c34-19-21-9-13-23(14-10-21)31(29-17-25-5-1-3-7-27(25)37-29)33(36)32(24-15-11-22(20-35)12-16-24)30-18-26-6-2-4-8-28(26)38-30/h1-18,31-32H. The van der Waals surface area contributed by atoms with E-state index in [-0.39, 0.29) is 5.78 Å². The number of ketones is 1. The van der Waals surface area contributed by atoms with Crippen molar-refractivity contribution in [1.29, 1.82) is 10.5 Å². The Balaban J connectivity index is 1.54. The van der Waals surface area contributed by atoms with E-state index in [0.29, 0.717) is 44.9 Å². The number of hydrogen-bond donors (Lipinski definition) is 0. The molecule has 0 amide bonds. The second-order valence-corrected chi connectivity index (χ2v) is 9.11. The fourth-order valence-corrected chi connectivity index (χ4v) is 4.89. The number of para-hydroxylation sites is 2. The van der Waals surface area contributed by atoms with Gasteiger partial charge in [-0.05, 0) is 59.7 Å². The minimum Gasteiger partial charge on any atom is -0.460 e. The topological polar surface area (TPSA) is 90.9 Å². The molecule has 0 saturated carbocycles. The van der Waals surface area contributed by atoms with Crippen LogP contribution in [0, 0.1) is 22.7 Å². The molecule has 6 aromatic rings. The van der Waals surface area contributed by atoms with Gasteiger partial charge in [-0.15, -0.1) is 0 Å². The smallest absolute Gasteiger partial charge is 0.162 e. The normalized spacial score (nSPS) is 12.6. The maximum Gasteiger partial charge on any atom is 0.162 e. The van der Waals surface area contributed by atoms with Crippen LogP contribution in [0.3, 0.4) is 0 Å². The van der Waals surface area contributed by atoms with Crippen molar-refractivity contribution in [3.05, 3.63) is 143 Å². The monoisotopic (exact) mass is 492 g/mol. The van der Waals surface area contributed by atoms with E-state index < -0.39 is 11.8 Å². The van der Waals surface area contributed by atoms with E-state index in [1.807, 2.05) is 60.7 Å². The molecule has 180 valence electrons. The lowest BCUT2D eigenvalue weighted by Gasteiger charge is -2.21. The van der Waals surface area contributed by atoms with E-state index >= 15 is 0 Å². The van der Waals surface area contributed by atoms with E-state index in [2.05, 4.69) is 12.1 Å². The fourth-order valence-electron chi connectivity index (χ4n) is 4.89. The van der Waals surface area contributed by atoms with Gasteiger partial charge >= 0.3 is 0 Å². The third-order valence-electron chi connectivity index (χ3n) is 6.77. The lowest BCUT2D eigenvalue weighted by Crippen LogP contribution is -2.22. The van der Waals surface area contributed by atoms with Crippen LogP contribution in [0.25, 0.3) is 21.9 Å². The summed E-state index contributed by atoms with van der Waals surface area (Å²) in [5, 5.41) is 20.4. The van der Waals surface area contributed by atoms with Crippen LogP contribution < -0.4 is 0 Å². The van der Waals surface area contributed by atoms with Crippen molar-refractivity contribution in [2.75, 3.05) is 0 Å². The zero-order valence-corrected chi connectivity index (χ0v) is 20.2. The molecule has 0 bridgehead atoms. The van der Waals surface area contributed by atoms with Gasteiger partial charge < -0.3 is 8.83 Å². The Morgan fingerprint density at radius 1 is 0.579 bits per heavy atom. The highest BCUT2D eigenvalue weighted by atomic mass is 16.3. The first kappa shape index (κ1) is 23.0. The van der Waals surface area contributed by atoms with Crippen LogP contribution in [-0.2, 0) is 4.79 Å². The zero-order valence-electron chi connectivity index (χ0n) is 20.2. The largest absolute Gasteiger partial charge is 0.460 e. The van der Waals surface area contributed by atoms with Gasteiger partial charge in [0.1, 0.15) is 34.5 Å². The maximum atomic E-state index is 14.7. The summed E-state index contributed by atoms with van der Waals surface area (Å²) in [5.74, 6) is -0.642. The molecule has 5 heteroatoms. The van der Waals surface area contributed by atoms with Crippen molar-refractivity contribution in [2.45, 2.75) is 11.8 Å². The highest BCUT2D eigenvalue weighted by molar-refractivity contribution is 5.97. The Morgan fingerprint density at radius 3 is 1.34 bits per heavy atom. The van der Waals surface area contributed by atoms with Crippen LogP contribution in [-0.4, -0.2) is 5.78 Å². The van der Waals surface area contributed by atoms with Crippen molar-refractivity contribution >= 4 is 27.7 Å². The predicted octanol–water partition coefficient (Wildman–Crippen LogP) is 7.46. The number of carbonyl (C=O) groups is 1. The molecule has 0 spiro atoms. The molecule has 2 aromatic heterocycles. The number of carbonyl (C=O) groups excluding carboxylic acids is 1. The first-order valence-electron chi connectivity index (χ1n) is 12.2. The summed E-state index contributed by atoms with van der Waals surface area (Å²) in [6, 6.07) is 37.3. The molecule has 0 aliphatic rings. The average molecular weight is 493 g/mol. The van der Waals surface area contributed by atoms with E-state index in [0.717, 1.165) is 10.8 Å². The third-order valence-corrected chi connectivity index (χ3v) is 6.77. The van der Waals surface area contributed by atoms with Crippen LogP contribution >= 0.6 is 0 Å². The average Bonchev–Trinajstić information content (AvgIpc) is 3.58. The summed E-state index contributed by atoms with van der Waals surface area (Å²) in [4.78, 5) is 14.7. The highest BCUT2D eigenvalue weighted by Gasteiger charge is 2.36. The van der Waals surface area contributed by atoms with Crippen LogP contribution in [0.5, 0.6) is 0 Å². The van der Waals surface area contributed by atoms with Gasteiger partial charge in [-0.1, -0.05) is 60.7 Å². The van der Waals surface area contributed by atoms with E-state index in [9.17, 15) is 15.3 Å². The fraction of sp³-hybridized carbons (Fsp3) is 0.0606. The third kappa shape index (κ3) is 4.13. The Morgan fingerprint density at radius 2 is 0.974 bits per heavy atom. The summed E-state index contributed by atoms with van der Waals surface area (Å²) < 4.78 is 12.4. The van der Waals surface area contributed by atoms with Gasteiger partial charge in [0.05, 0.1) is 23.3 Å². The van der Waals surface area contributed by atoms with E-state index in [1.54, 1.807) is 48.5 Å². The first-order chi connectivity index (χ1) is 18.6. The summed E-state index contributed by atoms with van der Waals surface area (Å²) in [7, 11) is 0. The number of Topliss-reactive ketones (excluding diaryl/α,β-unsaturated/α-hetero) is 1. The second-order valence-electron chi connectivity index (χ2n) is 9.11. The molecular formula is C33H20N2O3. The van der Waals surface area contributed by atoms with Crippen molar-refractivity contribution in [1.82, 2.24) is 0 Å². The number of hydrogen-bond acceptors (Lipinski definition) is 5. The van der Waals surface area contributed by atoms with Gasteiger partial charge in [-0.2, -0.15) is 10.5 Å². The number of rotatable bonds is 6. The van der Waals surface area contributed by atoms with Crippen molar-refractivity contribution in [3.63, 3.8) is 0 Å². The van der Waals surface area contributed by atoms with Crippen LogP contribution in [0.4, 0.5) is 0 Å². The second kappa shape index (κ2) is 9.58. The molecule has 5 nitrogen and oxygen atoms in total. The SMILES string of the molecule is N#Cc1ccc(C(C(=O)C(c2ccc(C#N)cc2)c2cc3ccccc3o2)c2cc3ccccc3o2)cc1. The Bertz CT molecular complexity index is 1660. The predicted molar refractivity (Wildman–Crippen MR) is 143 cm³/mol. The number of nitrogens with zero attached hydrogens (tertiary/aromatic N) is 2. The number of benzene rings is 4. The molecule has 2 atom stereocenters. The molecule has 0 saturated heterocycles. The van der Waals surface area contributed by atoms with Crippen molar-refractivity contribution < 1.29 is 13.6 Å². The Kier molecular flexibility index (Phi) is 5.81. The van der Waals surface area contributed by atoms with Crippen LogP contribution in [0.15, 0.2) is 118 Å². The lowest BCUT2D eigenvalue weighted by atomic mass is 9.80. The molecule has 0 N–H and O–H groups in total. The van der Waals surface area contributed by atoms with Crippen LogP contribution in [0.1, 0.15) is 45.6 Å². The Labute approximate surface area is 218 Å².